The topological polar surface area (TPSA) is 63.7 Å². The molecule has 1 aliphatic carbocycles. The smallest absolute Gasteiger partial charge is 0.313 e. The van der Waals surface area contributed by atoms with Gasteiger partial charge in [-0.25, -0.2) is 8.42 Å². The lowest BCUT2D eigenvalue weighted by molar-refractivity contribution is -0.145. The summed E-state index contributed by atoms with van der Waals surface area (Å²) in [6.07, 6.45) is 5.52. The Morgan fingerprint density at radius 3 is 2.07 bits per heavy atom. The molecule has 2 rings (SSSR count). The van der Waals surface area contributed by atoms with Gasteiger partial charge in [-0.1, -0.05) is 37.8 Å². The van der Waals surface area contributed by atoms with Gasteiger partial charge < -0.3 is 4.74 Å². The van der Waals surface area contributed by atoms with E-state index in [0.29, 0.717) is 12.5 Å². The normalized spacial score (nSPS) is 16.9. The second-order valence-corrected chi connectivity index (χ2v) is 10.1. The van der Waals surface area contributed by atoms with Crippen molar-refractivity contribution in [3.8, 4) is 0 Å². The molecular weight excluding hydrogens is 374 g/mol. The van der Waals surface area contributed by atoms with Crippen molar-refractivity contribution in [2.45, 2.75) is 89.6 Å². The van der Waals surface area contributed by atoms with Gasteiger partial charge in [-0.3, -0.25) is 4.79 Å². The highest BCUT2D eigenvalue weighted by atomic mass is 32.2. The number of sulfonamides is 1. The van der Waals surface area contributed by atoms with Crippen LogP contribution < -0.4 is 0 Å². The quantitative estimate of drug-likeness (QED) is 0.554. The van der Waals surface area contributed by atoms with Crippen molar-refractivity contribution in [2.24, 2.45) is 5.92 Å². The van der Waals surface area contributed by atoms with Crippen LogP contribution in [0.1, 0.15) is 78.2 Å². The Labute approximate surface area is 170 Å². The van der Waals surface area contributed by atoms with Gasteiger partial charge in [-0.2, -0.15) is 4.31 Å². The Balaban J connectivity index is 2.29. The molecule has 1 unspecified atom stereocenters. The molecular formula is C22H35NO4S. The number of esters is 1. The van der Waals surface area contributed by atoms with Gasteiger partial charge in [0.15, 0.2) is 0 Å². The van der Waals surface area contributed by atoms with Gasteiger partial charge in [0, 0.05) is 12.1 Å². The van der Waals surface area contributed by atoms with Crippen molar-refractivity contribution < 1.29 is 17.9 Å². The maximum absolute atomic E-state index is 13.0. The lowest BCUT2D eigenvalue weighted by Crippen LogP contribution is -2.41. The first-order valence-electron chi connectivity index (χ1n) is 10.5. The third kappa shape index (κ3) is 5.35. The molecule has 0 heterocycles. The lowest BCUT2D eigenvalue weighted by atomic mass is 9.88. The first-order chi connectivity index (χ1) is 13.2. The minimum Gasteiger partial charge on any atom is -0.466 e. The fraction of sp³-hybridized carbons (Fsp3) is 0.682. The van der Waals surface area contributed by atoms with Gasteiger partial charge >= 0.3 is 5.97 Å². The summed E-state index contributed by atoms with van der Waals surface area (Å²) in [7, 11) is -3.58. The molecule has 6 heteroatoms. The first kappa shape index (κ1) is 22.9. The van der Waals surface area contributed by atoms with E-state index >= 15 is 0 Å². The predicted molar refractivity (Wildman–Crippen MR) is 112 cm³/mol. The molecule has 0 bridgehead atoms. The van der Waals surface area contributed by atoms with E-state index < -0.39 is 10.0 Å². The zero-order chi connectivity index (χ0) is 20.9. The van der Waals surface area contributed by atoms with E-state index in [2.05, 4.69) is 0 Å². The highest BCUT2D eigenvalue weighted by Gasteiger charge is 2.31. The van der Waals surface area contributed by atoms with E-state index in [0.717, 1.165) is 24.8 Å². The van der Waals surface area contributed by atoms with Crippen molar-refractivity contribution in [1.82, 2.24) is 4.31 Å². The van der Waals surface area contributed by atoms with Gasteiger partial charge in [0.25, 0.3) is 0 Å². The summed E-state index contributed by atoms with van der Waals surface area (Å²) in [6, 6.07) is 6.57. The Bertz CT molecular complexity index is 726. The second-order valence-electron chi connectivity index (χ2n) is 8.28. The van der Waals surface area contributed by atoms with E-state index in [4.69, 9.17) is 4.74 Å². The first-order valence-corrected chi connectivity index (χ1v) is 11.9. The summed E-state index contributed by atoms with van der Waals surface area (Å²) < 4.78 is 32.9. The van der Waals surface area contributed by atoms with Gasteiger partial charge in [0.2, 0.25) is 10.0 Å². The largest absolute Gasteiger partial charge is 0.466 e. The van der Waals surface area contributed by atoms with Crippen LogP contribution in [0.2, 0.25) is 0 Å². The molecule has 1 atom stereocenters. The lowest BCUT2D eigenvalue weighted by Gasteiger charge is -2.29. The predicted octanol–water partition coefficient (Wildman–Crippen LogP) is 4.72. The van der Waals surface area contributed by atoms with Crippen LogP contribution in [0, 0.1) is 5.92 Å². The van der Waals surface area contributed by atoms with Gasteiger partial charge in [0.05, 0.1) is 17.4 Å². The number of rotatable bonds is 9. The number of nitrogens with zero attached hydrogens (tertiary/aromatic N) is 1. The highest BCUT2D eigenvalue weighted by molar-refractivity contribution is 7.89. The third-order valence-corrected chi connectivity index (χ3v) is 7.76. The molecule has 5 nitrogen and oxygen atoms in total. The van der Waals surface area contributed by atoms with Gasteiger partial charge in [0.1, 0.15) is 0 Å². The number of benzene rings is 1. The average Bonchev–Trinajstić information content (AvgIpc) is 3.12. The maximum atomic E-state index is 13.0. The molecule has 0 N–H and O–H groups in total. The van der Waals surface area contributed by atoms with Crippen molar-refractivity contribution in [3.63, 3.8) is 0 Å². The standard InChI is InChI=1S/C22H35NO4S/c1-6-27-22(24)21(15-18-9-7-8-10-18)19-11-13-20(14-12-19)28(25,26)23(16(2)3)17(4)5/h11-14,16-18,21H,6-10,15H2,1-5H3. The number of carbonyl (C=O) groups is 1. The Morgan fingerprint density at radius 2 is 1.61 bits per heavy atom. The molecule has 0 aliphatic heterocycles. The van der Waals surface area contributed by atoms with Crippen LogP contribution in [0.15, 0.2) is 29.2 Å². The number of hydrogen-bond acceptors (Lipinski definition) is 4. The van der Waals surface area contributed by atoms with E-state index in [1.54, 1.807) is 24.3 Å². The van der Waals surface area contributed by atoms with Crippen LogP contribution in [0.5, 0.6) is 0 Å². The van der Waals surface area contributed by atoms with Crippen molar-refractivity contribution in [1.29, 1.82) is 0 Å². The van der Waals surface area contributed by atoms with Crippen LogP contribution in [-0.4, -0.2) is 37.4 Å². The summed E-state index contributed by atoms with van der Waals surface area (Å²) in [6.45, 7) is 9.68. The van der Waals surface area contributed by atoms with Gasteiger partial charge in [-0.15, -0.1) is 0 Å². The molecule has 28 heavy (non-hydrogen) atoms. The summed E-state index contributed by atoms with van der Waals surface area (Å²) in [5, 5.41) is 0. The minimum atomic E-state index is -3.58. The van der Waals surface area contributed by atoms with Crippen molar-refractivity contribution >= 4 is 16.0 Å². The number of carbonyl (C=O) groups excluding carboxylic acids is 1. The van der Waals surface area contributed by atoms with E-state index in [1.807, 2.05) is 34.6 Å². The van der Waals surface area contributed by atoms with Crippen molar-refractivity contribution in [2.75, 3.05) is 6.61 Å². The monoisotopic (exact) mass is 409 g/mol. The SMILES string of the molecule is CCOC(=O)C(CC1CCCC1)c1ccc(S(=O)(=O)N(C(C)C)C(C)C)cc1. The average molecular weight is 410 g/mol. The summed E-state index contributed by atoms with van der Waals surface area (Å²) in [5.74, 6) is -0.00251. The van der Waals surface area contributed by atoms with Crippen molar-refractivity contribution in [3.05, 3.63) is 29.8 Å². The van der Waals surface area contributed by atoms with E-state index in [-0.39, 0.29) is 28.9 Å². The molecule has 1 saturated carbocycles. The zero-order valence-electron chi connectivity index (χ0n) is 17.8. The molecule has 1 aromatic carbocycles. The van der Waals surface area contributed by atoms with E-state index in [1.165, 1.54) is 17.1 Å². The molecule has 1 fully saturated rings. The van der Waals surface area contributed by atoms with Crippen LogP contribution in [0.4, 0.5) is 0 Å². The van der Waals surface area contributed by atoms with Crippen LogP contribution >= 0.6 is 0 Å². The highest BCUT2D eigenvalue weighted by Crippen LogP contribution is 2.35. The number of hydrogen-bond donors (Lipinski definition) is 0. The molecule has 0 saturated heterocycles. The van der Waals surface area contributed by atoms with Gasteiger partial charge in [-0.05, 0) is 64.7 Å². The Kier molecular flexibility index (Phi) is 8.07. The summed E-state index contributed by atoms with van der Waals surface area (Å²) in [5.41, 5.74) is 0.838. The zero-order valence-corrected chi connectivity index (χ0v) is 18.7. The Hall–Kier alpha value is -1.40. The Morgan fingerprint density at radius 1 is 1.07 bits per heavy atom. The molecule has 1 aliphatic rings. The summed E-state index contributed by atoms with van der Waals surface area (Å²) in [4.78, 5) is 12.8. The molecule has 0 spiro atoms. The molecule has 0 radical (unpaired) electrons. The maximum Gasteiger partial charge on any atom is 0.313 e. The minimum absolute atomic E-state index is 0.126. The number of ether oxygens (including phenoxy) is 1. The third-order valence-electron chi connectivity index (χ3n) is 5.49. The van der Waals surface area contributed by atoms with Crippen LogP contribution in [-0.2, 0) is 19.6 Å². The summed E-state index contributed by atoms with van der Waals surface area (Å²) >= 11 is 0. The fourth-order valence-electron chi connectivity index (χ4n) is 4.34. The molecule has 158 valence electrons. The van der Waals surface area contributed by atoms with Crippen LogP contribution in [0.3, 0.4) is 0 Å². The molecule has 0 amide bonds. The fourth-order valence-corrected chi connectivity index (χ4v) is 6.17. The molecule has 1 aromatic rings. The second kappa shape index (κ2) is 9.88. The van der Waals surface area contributed by atoms with E-state index in [9.17, 15) is 13.2 Å². The van der Waals surface area contributed by atoms with Crippen LogP contribution in [0.25, 0.3) is 0 Å². The molecule has 0 aromatic heterocycles.